The SMILES string of the molecule is Cc1[nH]c(-c2ccc(Cl)cc2)cc1CO. The molecule has 2 nitrogen and oxygen atoms in total. The van der Waals surface area contributed by atoms with Crippen LogP contribution in [0.4, 0.5) is 0 Å². The highest BCUT2D eigenvalue weighted by molar-refractivity contribution is 6.30. The molecule has 0 aliphatic heterocycles. The molecule has 0 radical (unpaired) electrons. The number of nitrogens with one attached hydrogen (secondary N) is 1. The summed E-state index contributed by atoms with van der Waals surface area (Å²) >= 11 is 5.81. The van der Waals surface area contributed by atoms with Crippen molar-refractivity contribution in [2.24, 2.45) is 0 Å². The molecule has 2 N–H and O–H groups in total. The molecule has 0 atom stereocenters. The number of halogens is 1. The quantitative estimate of drug-likeness (QED) is 0.803. The highest BCUT2D eigenvalue weighted by Crippen LogP contribution is 2.23. The number of H-pyrrole nitrogens is 1. The van der Waals surface area contributed by atoms with E-state index in [2.05, 4.69) is 4.98 Å². The monoisotopic (exact) mass is 221 g/mol. The summed E-state index contributed by atoms with van der Waals surface area (Å²) in [5.74, 6) is 0. The van der Waals surface area contributed by atoms with Crippen molar-refractivity contribution in [1.29, 1.82) is 0 Å². The smallest absolute Gasteiger partial charge is 0.0699 e. The molecule has 78 valence electrons. The van der Waals surface area contributed by atoms with Crippen LogP contribution in [0.15, 0.2) is 30.3 Å². The van der Waals surface area contributed by atoms with Gasteiger partial charge in [-0.15, -0.1) is 0 Å². The van der Waals surface area contributed by atoms with E-state index < -0.39 is 0 Å². The Morgan fingerprint density at radius 2 is 1.93 bits per heavy atom. The number of rotatable bonds is 2. The van der Waals surface area contributed by atoms with Crippen molar-refractivity contribution in [3.63, 3.8) is 0 Å². The van der Waals surface area contributed by atoms with E-state index in [1.807, 2.05) is 37.3 Å². The maximum Gasteiger partial charge on any atom is 0.0699 e. The van der Waals surface area contributed by atoms with Crippen LogP contribution in [-0.4, -0.2) is 10.1 Å². The highest BCUT2D eigenvalue weighted by atomic mass is 35.5. The molecule has 1 aromatic heterocycles. The van der Waals surface area contributed by atoms with Gasteiger partial charge in [-0.2, -0.15) is 0 Å². The summed E-state index contributed by atoms with van der Waals surface area (Å²) in [6.07, 6.45) is 0. The van der Waals surface area contributed by atoms with Crippen LogP contribution in [0.3, 0.4) is 0 Å². The van der Waals surface area contributed by atoms with Crippen molar-refractivity contribution in [2.45, 2.75) is 13.5 Å². The first-order chi connectivity index (χ1) is 7.20. The van der Waals surface area contributed by atoms with Gasteiger partial charge in [-0.3, -0.25) is 0 Å². The normalized spacial score (nSPS) is 10.6. The third-order valence-corrected chi connectivity index (χ3v) is 2.70. The van der Waals surface area contributed by atoms with E-state index in [-0.39, 0.29) is 6.61 Å². The van der Waals surface area contributed by atoms with Gasteiger partial charge in [0, 0.05) is 16.4 Å². The van der Waals surface area contributed by atoms with Gasteiger partial charge >= 0.3 is 0 Å². The molecule has 15 heavy (non-hydrogen) atoms. The molecule has 0 bridgehead atoms. The minimum absolute atomic E-state index is 0.0654. The van der Waals surface area contributed by atoms with Gasteiger partial charge < -0.3 is 10.1 Å². The summed E-state index contributed by atoms with van der Waals surface area (Å²) < 4.78 is 0. The lowest BCUT2D eigenvalue weighted by atomic mass is 10.1. The Labute approximate surface area is 93.5 Å². The van der Waals surface area contributed by atoms with Crippen molar-refractivity contribution >= 4 is 11.6 Å². The molecule has 2 aromatic rings. The molecule has 0 saturated heterocycles. The number of benzene rings is 1. The summed E-state index contributed by atoms with van der Waals surface area (Å²) in [4.78, 5) is 3.23. The van der Waals surface area contributed by atoms with E-state index in [4.69, 9.17) is 16.7 Å². The lowest BCUT2D eigenvalue weighted by Crippen LogP contribution is -1.81. The molecule has 0 unspecified atom stereocenters. The average molecular weight is 222 g/mol. The second-order valence-corrected chi connectivity index (χ2v) is 3.93. The minimum Gasteiger partial charge on any atom is -0.392 e. The van der Waals surface area contributed by atoms with E-state index in [0.29, 0.717) is 0 Å². The van der Waals surface area contributed by atoms with Gasteiger partial charge in [-0.05, 0) is 36.2 Å². The summed E-state index contributed by atoms with van der Waals surface area (Å²) in [5, 5.41) is 9.81. The first-order valence-corrected chi connectivity index (χ1v) is 5.14. The number of hydrogen-bond donors (Lipinski definition) is 2. The second-order valence-electron chi connectivity index (χ2n) is 3.50. The Hall–Kier alpha value is -1.25. The van der Waals surface area contributed by atoms with E-state index in [0.717, 1.165) is 27.5 Å². The molecule has 3 heteroatoms. The molecule has 0 aliphatic rings. The molecule has 1 aromatic carbocycles. The summed E-state index contributed by atoms with van der Waals surface area (Å²) in [7, 11) is 0. The minimum atomic E-state index is 0.0654. The van der Waals surface area contributed by atoms with Crippen LogP contribution in [0.25, 0.3) is 11.3 Å². The van der Waals surface area contributed by atoms with Gasteiger partial charge in [0.2, 0.25) is 0 Å². The van der Waals surface area contributed by atoms with Gasteiger partial charge in [0.15, 0.2) is 0 Å². The standard InChI is InChI=1S/C12H12ClNO/c1-8-10(7-15)6-12(14-8)9-2-4-11(13)5-3-9/h2-6,14-15H,7H2,1H3. The van der Waals surface area contributed by atoms with E-state index in [9.17, 15) is 0 Å². The fourth-order valence-electron chi connectivity index (χ4n) is 1.55. The molecule has 1 heterocycles. The van der Waals surface area contributed by atoms with Crippen LogP contribution in [0, 0.1) is 6.92 Å². The zero-order valence-electron chi connectivity index (χ0n) is 8.42. The Bertz CT molecular complexity index is 459. The topological polar surface area (TPSA) is 36.0 Å². The van der Waals surface area contributed by atoms with Crippen molar-refractivity contribution in [3.8, 4) is 11.3 Å². The van der Waals surface area contributed by atoms with E-state index in [1.54, 1.807) is 0 Å². The van der Waals surface area contributed by atoms with Gasteiger partial charge in [0.25, 0.3) is 0 Å². The summed E-state index contributed by atoms with van der Waals surface area (Å²) in [6.45, 7) is 2.01. The lowest BCUT2D eigenvalue weighted by molar-refractivity contribution is 0.281. The summed E-state index contributed by atoms with van der Waals surface area (Å²) in [6, 6.07) is 9.57. The van der Waals surface area contributed by atoms with E-state index >= 15 is 0 Å². The predicted octanol–water partition coefficient (Wildman–Crippen LogP) is 3.14. The number of aliphatic hydroxyl groups excluding tert-OH is 1. The third kappa shape index (κ3) is 2.06. The Balaban J connectivity index is 2.41. The lowest BCUT2D eigenvalue weighted by Gasteiger charge is -1.97. The zero-order valence-corrected chi connectivity index (χ0v) is 9.17. The van der Waals surface area contributed by atoms with Crippen molar-refractivity contribution in [3.05, 3.63) is 46.6 Å². The number of aromatic nitrogens is 1. The fraction of sp³-hybridized carbons (Fsp3) is 0.167. The molecule has 2 rings (SSSR count). The maximum absolute atomic E-state index is 9.08. The van der Waals surface area contributed by atoms with Gasteiger partial charge in [-0.1, -0.05) is 23.7 Å². The second kappa shape index (κ2) is 4.09. The average Bonchev–Trinajstić information content (AvgIpc) is 2.61. The molecule has 0 saturated carbocycles. The maximum atomic E-state index is 9.08. The number of hydrogen-bond acceptors (Lipinski definition) is 1. The van der Waals surface area contributed by atoms with Crippen LogP contribution in [-0.2, 0) is 6.61 Å². The van der Waals surface area contributed by atoms with Crippen LogP contribution >= 0.6 is 11.6 Å². The Kier molecular flexibility index (Phi) is 2.80. The Morgan fingerprint density at radius 1 is 1.27 bits per heavy atom. The fourth-order valence-corrected chi connectivity index (χ4v) is 1.68. The van der Waals surface area contributed by atoms with Crippen molar-refractivity contribution in [2.75, 3.05) is 0 Å². The summed E-state index contributed by atoms with van der Waals surface area (Å²) in [5.41, 5.74) is 4.01. The highest BCUT2D eigenvalue weighted by Gasteiger charge is 2.04. The van der Waals surface area contributed by atoms with Crippen LogP contribution < -0.4 is 0 Å². The van der Waals surface area contributed by atoms with Crippen LogP contribution in [0.1, 0.15) is 11.3 Å². The first kappa shape index (κ1) is 10.3. The number of aliphatic hydroxyl groups is 1. The third-order valence-electron chi connectivity index (χ3n) is 2.45. The van der Waals surface area contributed by atoms with Crippen molar-refractivity contribution in [1.82, 2.24) is 4.98 Å². The molecule has 0 aliphatic carbocycles. The largest absolute Gasteiger partial charge is 0.392 e. The number of aryl methyl sites for hydroxylation is 1. The van der Waals surface area contributed by atoms with Crippen LogP contribution in [0.5, 0.6) is 0 Å². The van der Waals surface area contributed by atoms with E-state index in [1.165, 1.54) is 0 Å². The van der Waals surface area contributed by atoms with Crippen LogP contribution in [0.2, 0.25) is 5.02 Å². The van der Waals surface area contributed by atoms with Crippen molar-refractivity contribution < 1.29 is 5.11 Å². The predicted molar refractivity (Wildman–Crippen MR) is 61.9 cm³/mol. The molecular weight excluding hydrogens is 210 g/mol. The first-order valence-electron chi connectivity index (χ1n) is 4.76. The number of aromatic amines is 1. The molecular formula is C12H12ClNO. The van der Waals surface area contributed by atoms with Gasteiger partial charge in [0.05, 0.1) is 6.61 Å². The zero-order chi connectivity index (χ0) is 10.8. The van der Waals surface area contributed by atoms with Gasteiger partial charge in [0.1, 0.15) is 0 Å². The molecule has 0 spiro atoms. The molecule has 0 amide bonds. The molecule has 0 fully saturated rings. The van der Waals surface area contributed by atoms with Gasteiger partial charge in [-0.25, -0.2) is 0 Å². The Morgan fingerprint density at radius 3 is 2.47 bits per heavy atom.